The molecule has 1 amide bonds. The lowest BCUT2D eigenvalue weighted by molar-refractivity contribution is -0.137. The van der Waals surface area contributed by atoms with Gasteiger partial charge in [0.05, 0.1) is 19.0 Å². The average Bonchev–Trinajstić information content (AvgIpc) is 2.76. The van der Waals surface area contributed by atoms with Gasteiger partial charge in [-0.05, 0) is 12.8 Å². The first-order chi connectivity index (χ1) is 7.67. The maximum Gasteiger partial charge on any atom is 0.315 e. The van der Waals surface area contributed by atoms with Crippen LogP contribution in [0.3, 0.4) is 0 Å². The fraction of sp³-hybridized carbons (Fsp3) is 0.778. The van der Waals surface area contributed by atoms with Crippen LogP contribution in [0, 0.1) is 0 Å². The summed E-state index contributed by atoms with van der Waals surface area (Å²) in [6, 6.07) is 0. The van der Waals surface area contributed by atoms with Gasteiger partial charge in [-0.2, -0.15) is 0 Å². The van der Waals surface area contributed by atoms with E-state index in [4.69, 9.17) is 10.6 Å². The Hall–Kier alpha value is -0.790. The second kappa shape index (κ2) is 6.72. The third-order valence-electron chi connectivity index (χ3n) is 2.29. The van der Waals surface area contributed by atoms with Crippen LogP contribution in [-0.4, -0.2) is 42.7 Å². The van der Waals surface area contributed by atoms with Crippen molar-refractivity contribution < 1.29 is 19.1 Å². The Labute approximate surface area is 98.2 Å². The predicted octanol–water partition coefficient (Wildman–Crippen LogP) is -0.570. The van der Waals surface area contributed by atoms with E-state index in [0.717, 1.165) is 6.42 Å². The largest absolute Gasteiger partial charge is 0.468 e. The number of nitrogens with two attached hydrogens (primary N) is 1. The van der Waals surface area contributed by atoms with Crippen molar-refractivity contribution in [2.24, 2.45) is 5.84 Å². The minimum Gasteiger partial charge on any atom is -0.468 e. The van der Waals surface area contributed by atoms with Crippen molar-refractivity contribution in [3.05, 3.63) is 0 Å². The summed E-state index contributed by atoms with van der Waals surface area (Å²) in [5.74, 6) is 5.46. The Kier molecular flexibility index (Phi) is 5.58. The van der Waals surface area contributed by atoms with Gasteiger partial charge in [-0.1, -0.05) is 0 Å². The second-order valence-corrected chi connectivity index (χ2v) is 4.45. The molecule has 1 saturated heterocycles. The van der Waals surface area contributed by atoms with Crippen LogP contribution in [0.2, 0.25) is 0 Å². The number of rotatable bonds is 5. The summed E-state index contributed by atoms with van der Waals surface area (Å²) in [5, 5.41) is 0. The van der Waals surface area contributed by atoms with Crippen LogP contribution >= 0.6 is 11.8 Å². The minimum atomic E-state index is -0.450. The van der Waals surface area contributed by atoms with Crippen LogP contribution in [0.15, 0.2) is 0 Å². The average molecular weight is 248 g/mol. The lowest BCUT2D eigenvalue weighted by Crippen LogP contribution is -2.39. The molecule has 2 atom stereocenters. The van der Waals surface area contributed by atoms with Crippen LogP contribution in [0.5, 0.6) is 0 Å². The van der Waals surface area contributed by atoms with Crippen LogP contribution in [0.1, 0.15) is 12.8 Å². The summed E-state index contributed by atoms with van der Waals surface area (Å²) in [6.07, 6.45) is 1.05. The number of esters is 1. The first kappa shape index (κ1) is 13.3. The van der Waals surface area contributed by atoms with Gasteiger partial charge in [0.1, 0.15) is 6.10 Å². The zero-order valence-electron chi connectivity index (χ0n) is 9.10. The maximum atomic E-state index is 11.1. The van der Waals surface area contributed by atoms with E-state index in [1.54, 1.807) is 0 Å². The lowest BCUT2D eigenvalue weighted by atomic mass is 10.2. The molecule has 1 aliphatic heterocycles. The molecule has 0 aromatic rings. The van der Waals surface area contributed by atoms with Gasteiger partial charge >= 0.3 is 5.97 Å². The number of thioether (sulfide) groups is 1. The van der Waals surface area contributed by atoms with Gasteiger partial charge in [0.2, 0.25) is 0 Å². The molecule has 0 saturated carbocycles. The van der Waals surface area contributed by atoms with Crippen LogP contribution in [0.25, 0.3) is 0 Å². The summed E-state index contributed by atoms with van der Waals surface area (Å²) in [4.78, 5) is 22.0. The number of amides is 1. The molecule has 0 aromatic heterocycles. The van der Waals surface area contributed by atoms with Gasteiger partial charge in [-0.3, -0.25) is 15.0 Å². The number of hydrazine groups is 1. The molecule has 0 radical (unpaired) electrons. The molecule has 1 aliphatic rings. The number of hydrogen-bond donors (Lipinski definition) is 2. The molecule has 7 heteroatoms. The van der Waals surface area contributed by atoms with E-state index in [2.05, 4.69) is 10.2 Å². The standard InChI is InChI=1S/C9H16N2O4S/c1-14-8(12)5-16-4-6-2-3-7(15-6)9(13)11-10/h6-7H,2-5,10H2,1H3,(H,11,13). The van der Waals surface area contributed by atoms with E-state index in [1.165, 1.54) is 18.9 Å². The molecule has 16 heavy (non-hydrogen) atoms. The Morgan fingerprint density at radius 1 is 1.56 bits per heavy atom. The van der Waals surface area contributed by atoms with Gasteiger partial charge in [-0.15, -0.1) is 11.8 Å². The highest BCUT2D eigenvalue weighted by molar-refractivity contribution is 7.99. The van der Waals surface area contributed by atoms with E-state index in [-0.39, 0.29) is 18.0 Å². The van der Waals surface area contributed by atoms with E-state index < -0.39 is 6.10 Å². The summed E-state index contributed by atoms with van der Waals surface area (Å²) in [7, 11) is 1.36. The Morgan fingerprint density at radius 2 is 2.31 bits per heavy atom. The lowest BCUT2D eigenvalue weighted by Gasteiger charge is -2.11. The molecule has 6 nitrogen and oxygen atoms in total. The molecule has 0 spiro atoms. The van der Waals surface area contributed by atoms with Gasteiger partial charge in [-0.25, -0.2) is 5.84 Å². The van der Waals surface area contributed by atoms with Crippen LogP contribution < -0.4 is 11.3 Å². The zero-order chi connectivity index (χ0) is 12.0. The fourth-order valence-corrected chi connectivity index (χ4v) is 2.36. The number of methoxy groups -OCH3 is 1. The van der Waals surface area contributed by atoms with E-state index in [1.807, 2.05) is 0 Å². The molecule has 0 aromatic carbocycles. The summed E-state index contributed by atoms with van der Waals surface area (Å²) in [6.45, 7) is 0. The maximum absolute atomic E-state index is 11.1. The molecule has 1 rings (SSSR count). The predicted molar refractivity (Wildman–Crippen MR) is 59.6 cm³/mol. The smallest absolute Gasteiger partial charge is 0.315 e. The quantitative estimate of drug-likeness (QED) is 0.293. The molecule has 2 unspecified atom stereocenters. The van der Waals surface area contributed by atoms with E-state index in [9.17, 15) is 9.59 Å². The summed E-state index contributed by atoms with van der Waals surface area (Å²) in [5.41, 5.74) is 2.07. The second-order valence-electron chi connectivity index (χ2n) is 3.42. The van der Waals surface area contributed by atoms with Crippen molar-refractivity contribution in [3.63, 3.8) is 0 Å². The number of hydrogen-bond acceptors (Lipinski definition) is 6. The van der Waals surface area contributed by atoms with Crippen LogP contribution in [-0.2, 0) is 19.1 Å². The third kappa shape index (κ3) is 3.99. The van der Waals surface area contributed by atoms with Crippen molar-refractivity contribution in [2.45, 2.75) is 25.0 Å². The molecule has 3 N–H and O–H groups in total. The summed E-state index contributed by atoms with van der Waals surface area (Å²) < 4.78 is 9.97. The van der Waals surface area contributed by atoms with Gasteiger partial charge < -0.3 is 9.47 Å². The SMILES string of the molecule is COC(=O)CSCC1CCC(C(=O)NN)O1. The highest BCUT2D eigenvalue weighted by Gasteiger charge is 2.30. The minimum absolute atomic E-state index is 0.0111. The first-order valence-electron chi connectivity index (χ1n) is 4.98. The first-order valence-corrected chi connectivity index (χ1v) is 6.13. The fourth-order valence-electron chi connectivity index (χ4n) is 1.45. The summed E-state index contributed by atoms with van der Waals surface area (Å²) >= 11 is 1.44. The number of carbonyl (C=O) groups excluding carboxylic acids is 2. The Bertz CT molecular complexity index is 262. The van der Waals surface area contributed by atoms with Crippen molar-refractivity contribution in [3.8, 4) is 0 Å². The van der Waals surface area contributed by atoms with E-state index in [0.29, 0.717) is 17.9 Å². The molecule has 1 heterocycles. The molecule has 0 aliphatic carbocycles. The van der Waals surface area contributed by atoms with Crippen LogP contribution in [0.4, 0.5) is 0 Å². The monoisotopic (exact) mass is 248 g/mol. The van der Waals surface area contributed by atoms with Gasteiger partial charge in [0.25, 0.3) is 5.91 Å². The normalized spacial score (nSPS) is 24.1. The third-order valence-corrected chi connectivity index (χ3v) is 3.34. The molecule has 92 valence electrons. The Balaban J connectivity index is 2.17. The topological polar surface area (TPSA) is 90.7 Å². The van der Waals surface area contributed by atoms with Crippen molar-refractivity contribution in [2.75, 3.05) is 18.6 Å². The number of carbonyl (C=O) groups is 2. The van der Waals surface area contributed by atoms with Crippen molar-refractivity contribution in [1.82, 2.24) is 5.43 Å². The number of nitrogens with one attached hydrogen (secondary N) is 1. The highest BCUT2D eigenvalue weighted by atomic mass is 32.2. The van der Waals surface area contributed by atoms with E-state index >= 15 is 0 Å². The van der Waals surface area contributed by atoms with Gasteiger partial charge in [0, 0.05) is 5.75 Å². The number of ether oxygens (including phenoxy) is 2. The zero-order valence-corrected chi connectivity index (χ0v) is 9.92. The Morgan fingerprint density at radius 3 is 2.94 bits per heavy atom. The van der Waals surface area contributed by atoms with Gasteiger partial charge in [0.15, 0.2) is 0 Å². The highest BCUT2D eigenvalue weighted by Crippen LogP contribution is 2.22. The molecular weight excluding hydrogens is 232 g/mol. The molecule has 1 fully saturated rings. The van der Waals surface area contributed by atoms with Crippen molar-refractivity contribution >= 4 is 23.6 Å². The molecule has 0 bridgehead atoms. The van der Waals surface area contributed by atoms with Crippen molar-refractivity contribution in [1.29, 1.82) is 0 Å². The molecular formula is C9H16N2O4S.